The molecular weight excluding hydrogens is 430 g/mol. The molecule has 2 aromatic rings. The van der Waals surface area contributed by atoms with Crippen molar-refractivity contribution in [3.05, 3.63) is 30.1 Å². The molecule has 184 valence electrons. The minimum Gasteiger partial charge on any atom is -0.472 e. The topological polar surface area (TPSA) is 86.7 Å². The second-order valence-corrected chi connectivity index (χ2v) is 9.53. The van der Waals surface area contributed by atoms with E-state index in [4.69, 9.17) is 4.74 Å². The Bertz CT molecular complexity index is 983. The zero-order chi connectivity index (χ0) is 24.3. The fraction of sp³-hybridized carbons (Fsp3) is 0.600. The summed E-state index contributed by atoms with van der Waals surface area (Å²) in [7, 11) is 0. The molecule has 0 radical (unpaired) electrons. The van der Waals surface area contributed by atoms with Crippen LogP contribution in [0.15, 0.2) is 24.5 Å². The Balaban J connectivity index is 1.47. The quantitative estimate of drug-likeness (QED) is 0.632. The van der Waals surface area contributed by atoms with Gasteiger partial charge in [0, 0.05) is 45.0 Å². The number of amides is 1. The van der Waals surface area contributed by atoms with Crippen molar-refractivity contribution < 1.29 is 9.53 Å². The van der Waals surface area contributed by atoms with E-state index in [0.29, 0.717) is 23.3 Å². The summed E-state index contributed by atoms with van der Waals surface area (Å²) in [6.45, 7) is 16.4. The van der Waals surface area contributed by atoms with Crippen LogP contribution in [0.25, 0.3) is 0 Å². The highest BCUT2D eigenvalue weighted by Gasteiger charge is 2.44. The predicted octanol–water partition coefficient (Wildman–Crippen LogP) is 3.45. The van der Waals surface area contributed by atoms with Crippen LogP contribution >= 0.6 is 0 Å². The van der Waals surface area contributed by atoms with Crippen LogP contribution in [-0.4, -0.2) is 75.0 Å². The van der Waals surface area contributed by atoms with Gasteiger partial charge in [0.25, 0.3) is 5.91 Å². The van der Waals surface area contributed by atoms with E-state index in [1.807, 2.05) is 12.3 Å². The molecule has 1 fully saturated rings. The van der Waals surface area contributed by atoms with E-state index in [9.17, 15) is 4.79 Å². The third-order valence-corrected chi connectivity index (χ3v) is 6.75. The predicted molar refractivity (Wildman–Crippen MR) is 134 cm³/mol. The van der Waals surface area contributed by atoms with Crippen LogP contribution in [0.2, 0.25) is 0 Å². The van der Waals surface area contributed by atoms with E-state index in [2.05, 4.69) is 56.9 Å². The van der Waals surface area contributed by atoms with Gasteiger partial charge < -0.3 is 15.0 Å². The normalized spacial score (nSPS) is 18.6. The largest absolute Gasteiger partial charge is 0.472 e. The van der Waals surface area contributed by atoms with Gasteiger partial charge in [0.1, 0.15) is 5.82 Å². The van der Waals surface area contributed by atoms with Crippen molar-refractivity contribution in [3.8, 4) is 5.75 Å². The molecule has 1 N–H and O–H groups in total. The van der Waals surface area contributed by atoms with Crippen molar-refractivity contribution in [2.24, 2.45) is 0 Å². The van der Waals surface area contributed by atoms with Crippen LogP contribution in [-0.2, 0) is 11.3 Å². The van der Waals surface area contributed by atoms with Gasteiger partial charge in [-0.05, 0) is 44.9 Å². The third kappa shape index (κ3) is 5.15. The van der Waals surface area contributed by atoms with Crippen LogP contribution in [0.1, 0.15) is 53.0 Å². The van der Waals surface area contributed by atoms with Gasteiger partial charge in [0.15, 0.2) is 17.2 Å². The Labute approximate surface area is 202 Å². The van der Waals surface area contributed by atoms with Gasteiger partial charge in [-0.2, -0.15) is 4.98 Å². The van der Waals surface area contributed by atoms with E-state index in [1.54, 1.807) is 24.9 Å². The van der Waals surface area contributed by atoms with Gasteiger partial charge in [-0.3, -0.25) is 14.6 Å². The summed E-state index contributed by atoms with van der Waals surface area (Å²) in [6, 6.07) is 4.09. The first-order chi connectivity index (χ1) is 16.3. The first-order valence-corrected chi connectivity index (χ1v) is 12.4. The lowest BCUT2D eigenvalue weighted by molar-refractivity contribution is -0.133. The summed E-state index contributed by atoms with van der Waals surface area (Å²) < 4.78 is 5.94. The van der Waals surface area contributed by atoms with Crippen LogP contribution < -0.4 is 15.0 Å². The maximum Gasteiger partial charge on any atom is 0.272 e. The highest BCUT2D eigenvalue weighted by Crippen LogP contribution is 2.38. The number of aromatic nitrogens is 3. The Morgan fingerprint density at radius 1 is 1.03 bits per heavy atom. The zero-order valence-corrected chi connectivity index (χ0v) is 21.0. The molecule has 0 atom stereocenters. The number of hydrogen-bond donors (Lipinski definition) is 1. The van der Waals surface area contributed by atoms with Crippen molar-refractivity contribution in [1.82, 2.24) is 24.8 Å². The molecule has 0 unspecified atom stereocenters. The standard InChI is InChI=1S/C25H37N7O2/c1-6-19(7-2)32-22-20(34-25(4,5)23(32)33)16-27-24(29-22)28-21-10-9-18(15-26-21)17-31-13-11-30(8-3)12-14-31/h9-10,15-16,19H,6-8,11-14,17H2,1-5H3,(H,26,27,28,29). The van der Waals surface area contributed by atoms with Gasteiger partial charge >= 0.3 is 0 Å². The Morgan fingerprint density at radius 2 is 1.74 bits per heavy atom. The summed E-state index contributed by atoms with van der Waals surface area (Å²) in [4.78, 5) is 33.5. The Morgan fingerprint density at radius 3 is 2.35 bits per heavy atom. The van der Waals surface area contributed by atoms with Crippen molar-refractivity contribution in [2.75, 3.05) is 42.9 Å². The highest BCUT2D eigenvalue weighted by molar-refractivity contribution is 6.02. The summed E-state index contributed by atoms with van der Waals surface area (Å²) in [6.07, 6.45) is 5.21. The van der Waals surface area contributed by atoms with Gasteiger partial charge in [0.05, 0.1) is 6.20 Å². The van der Waals surface area contributed by atoms with E-state index in [0.717, 1.165) is 52.1 Å². The van der Waals surface area contributed by atoms with Gasteiger partial charge in [0.2, 0.25) is 5.95 Å². The number of piperazine rings is 1. The lowest BCUT2D eigenvalue weighted by atomic mass is 10.0. The molecular formula is C25H37N7O2. The van der Waals surface area contributed by atoms with E-state index >= 15 is 0 Å². The first kappa shape index (κ1) is 24.3. The van der Waals surface area contributed by atoms with Gasteiger partial charge in [-0.15, -0.1) is 0 Å². The van der Waals surface area contributed by atoms with Crippen LogP contribution in [0.5, 0.6) is 5.75 Å². The summed E-state index contributed by atoms with van der Waals surface area (Å²) in [5.74, 6) is 2.01. The molecule has 1 saturated heterocycles. The number of nitrogens with zero attached hydrogens (tertiary/aromatic N) is 6. The number of likely N-dealkylation sites (N-methyl/N-ethyl adjacent to an activating group) is 1. The van der Waals surface area contributed by atoms with E-state index < -0.39 is 5.60 Å². The van der Waals surface area contributed by atoms with Crippen molar-refractivity contribution >= 4 is 23.5 Å². The average Bonchev–Trinajstić information content (AvgIpc) is 2.84. The molecule has 4 rings (SSSR count). The molecule has 0 aliphatic carbocycles. The summed E-state index contributed by atoms with van der Waals surface area (Å²) >= 11 is 0. The van der Waals surface area contributed by atoms with Crippen LogP contribution in [0, 0.1) is 0 Å². The Hall–Kier alpha value is -2.78. The second kappa shape index (κ2) is 10.2. The number of carbonyl (C=O) groups excluding carboxylic acids is 1. The second-order valence-electron chi connectivity index (χ2n) is 9.53. The molecule has 9 heteroatoms. The fourth-order valence-corrected chi connectivity index (χ4v) is 4.59. The monoisotopic (exact) mass is 467 g/mol. The number of anilines is 3. The van der Waals surface area contributed by atoms with Crippen molar-refractivity contribution in [1.29, 1.82) is 0 Å². The maximum atomic E-state index is 13.2. The lowest BCUT2D eigenvalue weighted by Crippen LogP contribution is -2.56. The minimum absolute atomic E-state index is 0.0498. The smallest absolute Gasteiger partial charge is 0.272 e. The fourth-order valence-electron chi connectivity index (χ4n) is 4.59. The average molecular weight is 468 g/mol. The number of carbonyl (C=O) groups is 1. The highest BCUT2D eigenvalue weighted by atomic mass is 16.5. The lowest BCUT2D eigenvalue weighted by Gasteiger charge is -2.41. The maximum absolute atomic E-state index is 13.2. The van der Waals surface area contributed by atoms with Gasteiger partial charge in [-0.1, -0.05) is 26.8 Å². The number of hydrogen-bond acceptors (Lipinski definition) is 8. The van der Waals surface area contributed by atoms with Crippen LogP contribution in [0.4, 0.5) is 17.6 Å². The summed E-state index contributed by atoms with van der Waals surface area (Å²) in [5, 5.41) is 3.18. The van der Waals surface area contributed by atoms with Crippen molar-refractivity contribution in [3.63, 3.8) is 0 Å². The molecule has 4 heterocycles. The molecule has 34 heavy (non-hydrogen) atoms. The van der Waals surface area contributed by atoms with Crippen LogP contribution in [0.3, 0.4) is 0 Å². The SMILES string of the molecule is CCC(CC)N1C(=O)C(C)(C)Oc2cnc(Nc3ccc(CN4CCN(CC)CC4)cn3)nc21. The molecule has 2 aliphatic rings. The molecule has 2 aliphatic heterocycles. The number of fused-ring (bicyclic) bond motifs is 1. The molecule has 1 amide bonds. The first-order valence-electron chi connectivity index (χ1n) is 12.4. The summed E-state index contributed by atoms with van der Waals surface area (Å²) in [5.41, 5.74) is 0.233. The number of ether oxygens (including phenoxy) is 1. The molecule has 2 aromatic heterocycles. The minimum atomic E-state index is -0.950. The number of nitrogens with one attached hydrogen (secondary N) is 1. The van der Waals surface area contributed by atoms with Gasteiger partial charge in [-0.25, -0.2) is 9.97 Å². The molecule has 0 spiro atoms. The molecule has 0 aromatic carbocycles. The Kier molecular flexibility index (Phi) is 7.33. The molecule has 0 saturated carbocycles. The molecule has 9 nitrogen and oxygen atoms in total. The van der Waals surface area contributed by atoms with Crippen molar-refractivity contribution in [2.45, 2.75) is 65.6 Å². The van der Waals surface area contributed by atoms with E-state index in [1.165, 1.54) is 5.56 Å². The van der Waals surface area contributed by atoms with E-state index in [-0.39, 0.29) is 11.9 Å². The zero-order valence-electron chi connectivity index (χ0n) is 21.0. The molecule has 0 bridgehead atoms. The third-order valence-electron chi connectivity index (χ3n) is 6.75. The number of rotatable bonds is 8. The number of pyridine rings is 1.